The van der Waals surface area contributed by atoms with Crippen molar-refractivity contribution in [2.45, 2.75) is 65.5 Å². The Morgan fingerprint density at radius 2 is 2.04 bits per heavy atom. The van der Waals surface area contributed by atoms with Crippen LogP contribution >= 0.6 is 0 Å². The van der Waals surface area contributed by atoms with Crippen LogP contribution in [0, 0.1) is 11.8 Å². The van der Waals surface area contributed by atoms with Gasteiger partial charge >= 0.3 is 0 Å². The van der Waals surface area contributed by atoms with Gasteiger partial charge in [-0.25, -0.2) is 4.98 Å². The molecule has 1 unspecified atom stereocenters. The molecule has 1 saturated carbocycles. The van der Waals surface area contributed by atoms with Crippen LogP contribution in [0.1, 0.15) is 58.2 Å². The maximum atomic E-state index is 12.4. The fraction of sp³-hybridized carbons (Fsp3) is 0.600. The number of nitrogens with one attached hydrogen (secondary N) is 1. The Kier molecular flexibility index (Phi) is 5.54. The molecule has 0 radical (unpaired) electrons. The summed E-state index contributed by atoms with van der Waals surface area (Å²) in [6.45, 7) is 5.96. The normalized spacial score (nSPS) is 17.1. The van der Waals surface area contributed by atoms with E-state index in [1.54, 1.807) is 0 Å². The van der Waals surface area contributed by atoms with E-state index in [0.717, 1.165) is 37.1 Å². The number of rotatable bonds is 6. The molecule has 1 aromatic carbocycles. The summed E-state index contributed by atoms with van der Waals surface area (Å²) >= 11 is 0. The highest BCUT2D eigenvalue weighted by Crippen LogP contribution is 2.24. The van der Waals surface area contributed by atoms with Gasteiger partial charge in [-0.05, 0) is 30.9 Å². The Morgan fingerprint density at radius 1 is 1.29 bits per heavy atom. The summed E-state index contributed by atoms with van der Waals surface area (Å²) in [5, 5.41) is 3.14. The first kappa shape index (κ1) is 17.0. The number of nitrogens with zero attached hydrogens (tertiary/aromatic N) is 2. The second kappa shape index (κ2) is 7.82. The second-order valence-corrected chi connectivity index (χ2v) is 7.19. The van der Waals surface area contributed by atoms with Gasteiger partial charge in [0.05, 0.1) is 17.6 Å². The SMILES string of the molecule is CCC(C)Cn1c(CNC(=O)C2CCCCC2)nc2ccccc21. The van der Waals surface area contributed by atoms with Gasteiger partial charge < -0.3 is 9.88 Å². The van der Waals surface area contributed by atoms with Crippen molar-refractivity contribution in [2.75, 3.05) is 0 Å². The Balaban J connectivity index is 1.75. The number of imidazole rings is 1. The van der Waals surface area contributed by atoms with Gasteiger partial charge in [-0.3, -0.25) is 4.79 Å². The van der Waals surface area contributed by atoms with E-state index in [1.165, 1.54) is 24.8 Å². The van der Waals surface area contributed by atoms with E-state index < -0.39 is 0 Å². The van der Waals surface area contributed by atoms with Gasteiger partial charge in [0.15, 0.2) is 0 Å². The summed E-state index contributed by atoms with van der Waals surface area (Å²) in [5.74, 6) is 1.97. The van der Waals surface area contributed by atoms with Crippen LogP contribution in [0.5, 0.6) is 0 Å². The number of carbonyl (C=O) groups excluding carboxylic acids is 1. The minimum atomic E-state index is 0.200. The first-order chi connectivity index (χ1) is 11.7. The summed E-state index contributed by atoms with van der Waals surface area (Å²) < 4.78 is 2.28. The second-order valence-electron chi connectivity index (χ2n) is 7.19. The third-order valence-corrected chi connectivity index (χ3v) is 5.32. The highest BCUT2D eigenvalue weighted by atomic mass is 16.1. The number of aromatic nitrogens is 2. The Morgan fingerprint density at radius 3 is 2.79 bits per heavy atom. The third-order valence-electron chi connectivity index (χ3n) is 5.32. The summed E-state index contributed by atoms with van der Waals surface area (Å²) in [6, 6.07) is 8.25. The van der Waals surface area contributed by atoms with Crippen molar-refractivity contribution in [1.29, 1.82) is 0 Å². The van der Waals surface area contributed by atoms with Gasteiger partial charge in [0.1, 0.15) is 5.82 Å². The van der Waals surface area contributed by atoms with Crippen LogP contribution in [0.3, 0.4) is 0 Å². The zero-order valence-electron chi connectivity index (χ0n) is 14.9. The van der Waals surface area contributed by atoms with Crippen molar-refractivity contribution in [3.8, 4) is 0 Å². The van der Waals surface area contributed by atoms with E-state index in [4.69, 9.17) is 4.98 Å². The number of para-hydroxylation sites is 2. The molecule has 0 bridgehead atoms. The Labute approximate surface area is 144 Å². The standard InChI is InChI=1S/C20H29N3O/c1-3-15(2)14-23-18-12-8-7-11-17(18)22-19(23)13-21-20(24)16-9-5-4-6-10-16/h7-8,11-12,15-16H,3-6,9-10,13-14H2,1-2H3,(H,21,24). The zero-order chi connectivity index (χ0) is 16.9. The van der Waals surface area contributed by atoms with E-state index in [9.17, 15) is 4.79 Å². The number of hydrogen-bond acceptors (Lipinski definition) is 2. The predicted molar refractivity (Wildman–Crippen MR) is 97.6 cm³/mol. The summed E-state index contributed by atoms with van der Waals surface area (Å²) in [7, 11) is 0. The maximum Gasteiger partial charge on any atom is 0.223 e. The van der Waals surface area contributed by atoms with Crippen molar-refractivity contribution in [2.24, 2.45) is 11.8 Å². The average molecular weight is 327 g/mol. The highest BCUT2D eigenvalue weighted by molar-refractivity contribution is 5.79. The van der Waals surface area contributed by atoms with Crippen molar-refractivity contribution < 1.29 is 4.79 Å². The van der Waals surface area contributed by atoms with Gasteiger partial charge in [-0.1, -0.05) is 51.7 Å². The topological polar surface area (TPSA) is 46.9 Å². The molecule has 0 spiro atoms. The first-order valence-electron chi connectivity index (χ1n) is 9.41. The van der Waals surface area contributed by atoms with Crippen molar-refractivity contribution >= 4 is 16.9 Å². The van der Waals surface area contributed by atoms with Crippen LogP contribution in [-0.4, -0.2) is 15.5 Å². The van der Waals surface area contributed by atoms with Crippen molar-refractivity contribution in [3.05, 3.63) is 30.1 Å². The molecule has 2 aromatic rings. The summed E-state index contributed by atoms with van der Waals surface area (Å²) in [4.78, 5) is 17.2. The molecule has 1 aliphatic rings. The fourth-order valence-electron chi connectivity index (χ4n) is 3.58. The molecule has 4 heteroatoms. The molecule has 130 valence electrons. The number of carbonyl (C=O) groups is 1. The van der Waals surface area contributed by atoms with E-state index in [2.05, 4.69) is 41.9 Å². The number of fused-ring (bicyclic) bond motifs is 1. The summed E-state index contributed by atoms with van der Waals surface area (Å²) in [5.41, 5.74) is 2.18. The molecule has 3 rings (SSSR count). The largest absolute Gasteiger partial charge is 0.349 e. The molecule has 1 heterocycles. The molecular formula is C20H29N3O. The predicted octanol–water partition coefficient (Wildman–Crippen LogP) is 4.28. The van der Waals surface area contributed by atoms with E-state index in [0.29, 0.717) is 12.5 Å². The van der Waals surface area contributed by atoms with Gasteiger partial charge in [-0.15, -0.1) is 0 Å². The third kappa shape index (κ3) is 3.80. The lowest BCUT2D eigenvalue weighted by Gasteiger charge is -2.21. The quantitative estimate of drug-likeness (QED) is 0.861. The van der Waals surface area contributed by atoms with Crippen LogP contribution in [-0.2, 0) is 17.9 Å². The molecule has 1 amide bonds. The molecule has 0 saturated heterocycles. The monoisotopic (exact) mass is 327 g/mol. The maximum absolute atomic E-state index is 12.4. The van der Waals surface area contributed by atoms with E-state index >= 15 is 0 Å². The molecule has 1 atom stereocenters. The minimum Gasteiger partial charge on any atom is -0.349 e. The van der Waals surface area contributed by atoms with E-state index in [1.807, 2.05) is 6.07 Å². The van der Waals surface area contributed by atoms with Crippen molar-refractivity contribution in [1.82, 2.24) is 14.9 Å². The van der Waals surface area contributed by atoms with Crippen LogP contribution in [0.15, 0.2) is 24.3 Å². The minimum absolute atomic E-state index is 0.200. The first-order valence-corrected chi connectivity index (χ1v) is 9.41. The average Bonchev–Trinajstić information content (AvgIpc) is 2.98. The van der Waals surface area contributed by atoms with Crippen LogP contribution in [0.4, 0.5) is 0 Å². The molecule has 0 aliphatic heterocycles. The Bertz CT molecular complexity index is 685. The molecular weight excluding hydrogens is 298 g/mol. The number of amides is 1. The number of benzene rings is 1. The van der Waals surface area contributed by atoms with Crippen molar-refractivity contribution in [3.63, 3.8) is 0 Å². The van der Waals surface area contributed by atoms with Gasteiger partial charge in [-0.2, -0.15) is 0 Å². The lowest BCUT2D eigenvalue weighted by molar-refractivity contribution is -0.126. The van der Waals surface area contributed by atoms with Crippen LogP contribution < -0.4 is 5.32 Å². The molecule has 1 fully saturated rings. The van der Waals surface area contributed by atoms with Gasteiger partial charge in [0, 0.05) is 12.5 Å². The lowest BCUT2D eigenvalue weighted by atomic mass is 9.89. The zero-order valence-corrected chi connectivity index (χ0v) is 14.9. The van der Waals surface area contributed by atoms with Gasteiger partial charge in [0.2, 0.25) is 5.91 Å². The lowest BCUT2D eigenvalue weighted by Crippen LogP contribution is -2.32. The molecule has 1 N–H and O–H groups in total. The molecule has 24 heavy (non-hydrogen) atoms. The molecule has 1 aromatic heterocycles. The smallest absolute Gasteiger partial charge is 0.223 e. The number of hydrogen-bond donors (Lipinski definition) is 1. The molecule has 1 aliphatic carbocycles. The summed E-state index contributed by atoms with van der Waals surface area (Å²) in [6.07, 6.45) is 6.86. The van der Waals surface area contributed by atoms with Crippen LogP contribution in [0.25, 0.3) is 11.0 Å². The highest BCUT2D eigenvalue weighted by Gasteiger charge is 2.21. The fourth-order valence-corrected chi connectivity index (χ4v) is 3.58. The molecule has 4 nitrogen and oxygen atoms in total. The van der Waals surface area contributed by atoms with Gasteiger partial charge in [0.25, 0.3) is 0 Å². The Hall–Kier alpha value is -1.84. The van der Waals surface area contributed by atoms with Crippen LogP contribution in [0.2, 0.25) is 0 Å². The van der Waals surface area contributed by atoms with E-state index in [-0.39, 0.29) is 11.8 Å².